The summed E-state index contributed by atoms with van der Waals surface area (Å²) in [6.07, 6.45) is 96.3. The van der Waals surface area contributed by atoms with Crippen molar-refractivity contribution in [3.05, 3.63) is 12.2 Å². The molecule has 0 aromatic rings. The van der Waals surface area contributed by atoms with Crippen molar-refractivity contribution in [3.63, 3.8) is 0 Å². The maximum absolute atomic E-state index is 12.5. The summed E-state index contributed by atoms with van der Waals surface area (Å²) in [7, 11) is 3.43. The summed E-state index contributed by atoms with van der Waals surface area (Å²) < 4.78 is 11.1. The Morgan fingerprint density at radius 1 is 0.301 bits per heavy atom. The topological polar surface area (TPSA) is 55.8 Å². The number of hydrogen-bond donors (Lipinski definition) is 1. The smallest absolute Gasteiger partial charge is 0.311 e. The Hall–Kier alpha value is -0.870. The molecule has 0 aliphatic heterocycles. The number of methoxy groups -OCH3 is 2. The van der Waals surface area contributed by atoms with E-state index in [0.717, 1.165) is 32.1 Å². The Morgan fingerprint density at radius 3 is 0.771 bits per heavy atom. The monoisotopic (exact) mass is 1170 g/mol. The molecule has 0 rings (SSSR count). The van der Waals surface area contributed by atoms with Crippen molar-refractivity contribution in [1.29, 1.82) is 0 Å². The quantitative estimate of drug-likeness (QED) is 0.0375. The van der Waals surface area contributed by atoms with Gasteiger partial charge in [-0.25, -0.2) is 0 Å². The molecule has 0 aliphatic rings. The first kappa shape index (κ1) is 82.1. The Labute approximate surface area is 524 Å². The maximum Gasteiger partial charge on any atom is 0.311 e. The minimum absolute atomic E-state index is 0.214. The molecule has 4 nitrogen and oxygen atoms in total. The van der Waals surface area contributed by atoms with Crippen LogP contribution in [0.5, 0.6) is 0 Å². The normalized spacial score (nSPS) is 13.4. The van der Waals surface area contributed by atoms with Crippen molar-refractivity contribution in [2.24, 2.45) is 11.8 Å². The fourth-order valence-corrected chi connectivity index (χ4v) is 13.4. The minimum Gasteiger partial charge on any atom is -0.469 e. The minimum atomic E-state index is -0.556. The number of carbonyl (C=O) groups is 1. The number of allylic oxidation sites excluding steroid dienone is 2. The summed E-state index contributed by atoms with van der Waals surface area (Å²) in [5.41, 5.74) is 0. The van der Waals surface area contributed by atoms with Gasteiger partial charge in [0.05, 0.1) is 25.2 Å². The van der Waals surface area contributed by atoms with E-state index in [0.29, 0.717) is 12.0 Å². The van der Waals surface area contributed by atoms with Crippen LogP contribution < -0.4 is 0 Å². The number of rotatable bonds is 73. The molecule has 0 radical (unpaired) electrons. The van der Waals surface area contributed by atoms with Gasteiger partial charge in [0, 0.05) is 7.11 Å². The van der Waals surface area contributed by atoms with E-state index in [1.54, 1.807) is 0 Å². The molecule has 83 heavy (non-hydrogen) atoms. The molecule has 0 bridgehead atoms. The standard InChI is InChI=1S/C79H156O4/c1-6-8-10-12-14-16-18-20-22-24-25-37-40-44-48-52-56-60-64-68-72-76(79(81)83-5)77(80)73-69-65-61-57-53-49-45-41-38-35-33-31-29-27-26-28-30-32-34-36-39-42-46-50-54-58-62-66-70-74-78(82-4)75(3)71-67-63-59-55-51-47-43-23-21-19-17-15-13-11-9-7-2/h34,36,75-78,80H,6-33,35,37-74H2,1-5H3/b36-34-. The molecule has 496 valence electrons. The summed E-state index contributed by atoms with van der Waals surface area (Å²) in [5, 5.41) is 10.9. The van der Waals surface area contributed by atoms with Gasteiger partial charge in [-0.05, 0) is 57.3 Å². The van der Waals surface area contributed by atoms with Crippen LogP contribution in [0.4, 0.5) is 0 Å². The highest BCUT2D eigenvalue weighted by molar-refractivity contribution is 5.72. The highest BCUT2D eigenvalue weighted by atomic mass is 16.5. The zero-order valence-corrected chi connectivity index (χ0v) is 58.0. The van der Waals surface area contributed by atoms with Crippen LogP contribution in [0, 0.1) is 11.8 Å². The van der Waals surface area contributed by atoms with E-state index in [1.165, 1.54) is 405 Å². The van der Waals surface area contributed by atoms with Crippen molar-refractivity contribution >= 4 is 5.97 Å². The summed E-state index contributed by atoms with van der Waals surface area (Å²) in [4.78, 5) is 12.5. The summed E-state index contributed by atoms with van der Waals surface area (Å²) >= 11 is 0. The third kappa shape index (κ3) is 63.9. The third-order valence-corrected chi connectivity index (χ3v) is 19.4. The summed E-state index contributed by atoms with van der Waals surface area (Å²) in [5.74, 6) is 0.142. The van der Waals surface area contributed by atoms with E-state index in [9.17, 15) is 9.90 Å². The van der Waals surface area contributed by atoms with Gasteiger partial charge in [0.15, 0.2) is 0 Å². The molecule has 1 N–H and O–H groups in total. The predicted molar refractivity (Wildman–Crippen MR) is 371 cm³/mol. The van der Waals surface area contributed by atoms with Crippen LogP contribution in [-0.4, -0.2) is 37.5 Å². The fraction of sp³-hybridized carbons (Fsp3) is 0.962. The Bertz CT molecular complexity index is 1220. The van der Waals surface area contributed by atoms with Crippen LogP contribution in [0.25, 0.3) is 0 Å². The van der Waals surface area contributed by atoms with Crippen LogP contribution in [-0.2, 0) is 14.3 Å². The summed E-state index contributed by atoms with van der Waals surface area (Å²) in [6, 6.07) is 0. The molecule has 4 heteroatoms. The molecule has 4 atom stereocenters. The molecule has 0 saturated heterocycles. The Balaban J connectivity index is 3.48. The highest BCUT2D eigenvalue weighted by Crippen LogP contribution is 2.25. The molecular weight excluding hydrogens is 1010 g/mol. The van der Waals surface area contributed by atoms with Gasteiger partial charge in [-0.2, -0.15) is 0 Å². The van der Waals surface area contributed by atoms with E-state index in [-0.39, 0.29) is 11.9 Å². The molecule has 0 fully saturated rings. The molecule has 0 spiro atoms. The van der Waals surface area contributed by atoms with Gasteiger partial charge in [-0.3, -0.25) is 4.79 Å². The molecule has 0 aliphatic carbocycles. The fourth-order valence-electron chi connectivity index (χ4n) is 13.4. The van der Waals surface area contributed by atoms with Crippen LogP contribution in [0.2, 0.25) is 0 Å². The van der Waals surface area contributed by atoms with Crippen LogP contribution in [0.1, 0.15) is 451 Å². The second-order valence-electron chi connectivity index (χ2n) is 27.5. The second kappa shape index (κ2) is 71.9. The van der Waals surface area contributed by atoms with Crippen LogP contribution in [0.3, 0.4) is 0 Å². The SMILES string of the molecule is CCCCCCCCCCCCCCCCCCCCCCC(C(=O)OC)C(O)CCCCCCCCCCCCCCCCCCC/C=C\CCCCCCCCCCC(OC)C(C)CCCCCCCCCCCCCCCCCC. The van der Waals surface area contributed by atoms with Gasteiger partial charge >= 0.3 is 5.97 Å². The Morgan fingerprint density at radius 2 is 0.518 bits per heavy atom. The van der Waals surface area contributed by atoms with Crippen molar-refractivity contribution in [3.8, 4) is 0 Å². The van der Waals surface area contributed by atoms with Crippen molar-refractivity contribution < 1.29 is 19.4 Å². The zero-order valence-electron chi connectivity index (χ0n) is 58.0. The molecule has 0 heterocycles. The van der Waals surface area contributed by atoms with Gasteiger partial charge in [-0.15, -0.1) is 0 Å². The molecular formula is C79H156O4. The first-order chi connectivity index (χ1) is 41.0. The lowest BCUT2D eigenvalue weighted by molar-refractivity contribution is -0.150. The predicted octanol–water partition coefficient (Wildman–Crippen LogP) is 27.5. The number of unbranched alkanes of at least 4 members (excludes halogenated alkanes) is 59. The van der Waals surface area contributed by atoms with E-state index < -0.39 is 6.10 Å². The first-order valence-corrected chi connectivity index (χ1v) is 38.9. The van der Waals surface area contributed by atoms with E-state index >= 15 is 0 Å². The number of ether oxygens (including phenoxy) is 2. The van der Waals surface area contributed by atoms with E-state index in [2.05, 4.69) is 32.9 Å². The highest BCUT2D eigenvalue weighted by Gasteiger charge is 2.27. The number of hydrogen-bond acceptors (Lipinski definition) is 4. The molecule has 0 aromatic carbocycles. The van der Waals surface area contributed by atoms with Gasteiger partial charge in [0.2, 0.25) is 0 Å². The lowest BCUT2D eigenvalue weighted by Crippen LogP contribution is -2.29. The Kier molecular flexibility index (Phi) is 71.1. The number of carbonyl (C=O) groups excluding carboxylic acids is 1. The van der Waals surface area contributed by atoms with Crippen molar-refractivity contribution in [2.45, 2.75) is 463 Å². The second-order valence-corrected chi connectivity index (χ2v) is 27.5. The maximum atomic E-state index is 12.5. The molecule has 0 amide bonds. The van der Waals surface area contributed by atoms with Crippen molar-refractivity contribution in [1.82, 2.24) is 0 Å². The zero-order chi connectivity index (χ0) is 60.1. The lowest BCUT2D eigenvalue weighted by Gasteiger charge is -2.22. The first-order valence-electron chi connectivity index (χ1n) is 38.9. The number of esters is 1. The van der Waals surface area contributed by atoms with Crippen LogP contribution >= 0.6 is 0 Å². The molecule has 0 aromatic heterocycles. The van der Waals surface area contributed by atoms with Gasteiger partial charge in [0.1, 0.15) is 0 Å². The van der Waals surface area contributed by atoms with Gasteiger partial charge in [-0.1, -0.05) is 412 Å². The van der Waals surface area contributed by atoms with Crippen LogP contribution in [0.15, 0.2) is 12.2 Å². The number of aliphatic hydroxyl groups excluding tert-OH is 1. The molecule has 4 unspecified atom stereocenters. The van der Waals surface area contributed by atoms with E-state index in [1.807, 2.05) is 7.11 Å². The largest absolute Gasteiger partial charge is 0.469 e. The summed E-state index contributed by atoms with van der Waals surface area (Å²) in [6.45, 7) is 7.05. The van der Waals surface area contributed by atoms with E-state index in [4.69, 9.17) is 9.47 Å². The third-order valence-electron chi connectivity index (χ3n) is 19.4. The lowest BCUT2D eigenvalue weighted by atomic mass is 9.91. The van der Waals surface area contributed by atoms with Crippen molar-refractivity contribution in [2.75, 3.05) is 14.2 Å². The van der Waals surface area contributed by atoms with Gasteiger partial charge in [0.25, 0.3) is 0 Å². The molecule has 0 saturated carbocycles. The van der Waals surface area contributed by atoms with Gasteiger partial charge < -0.3 is 14.6 Å². The average molecular weight is 1170 g/mol. The number of aliphatic hydroxyl groups is 1. The average Bonchev–Trinajstić information content (AvgIpc) is 3.49.